The smallest absolute Gasteiger partial charge is 0.123 e. The molecular weight excluding hydrogens is 363 g/mol. The molecule has 3 nitrogen and oxygen atoms in total. The van der Waals surface area contributed by atoms with Crippen molar-refractivity contribution in [3.05, 3.63) is 70.5 Å². The lowest BCUT2D eigenvalue weighted by Gasteiger charge is -2.44. The van der Waals surface area contributed by atoms with E-state index in [0.717, 1.165) is 37.1 Å². The molecule has 0 amide bonds. The number of nitrogens with zero attached hydrogens (tertiary/aromatic N) is 2. The second-order valence-corrected chi connectivity index (χ2v) is 7.65. The molecule has 1 aliphatic rings. The highest BCUT2D eigenvalue weighted by molar-refractivity contribution is 6.30. The summed E-state index contributed by atoms with van der Waals surface area (Å²) in [6, 6.07) is 16.1. The monoisotopic (exact) mass is 386 g/mol. The van der Waals surface area contributed by atoms with E-state index in [4.69, 9.17) is 16.9 Å². The number of likely N-dealkylation sites (tertiary alicyclic amines) is 1. The van der Waals surface area contributed by atoms with Crippen LogP contribution >= 0.6 is 11.6 Å². The van der Waals surface area contributed by atoms with E-state index >= 15 is 0 Å². The third-order valence-electron chi connectivity index (χ3n) is 5.40. The molecule has 0 spiro atoms. The summed E-state index contributed by atoms with van der Waals surface area (Å²) in [5, 5.41) is 20.7. The Kier molecular flexibility index (Phi) is 6.49. The molecular formula is C22H24ClFN2O. The van der Waals surface area contributed by atoms with Crippen LogP contribution < -0.4 is 0 Å². The molecule has 1 heterocycles. The van der Waals surface area contributed by atoms with Crippen LogP contribution in [0.5, 0.6) is 0 Å². The third kappa shape index (κ3) is 4.87. The van der Waals surface area contributed by atoms with Gasteiger partial charge in [0.05, 0.1) is 11.7 Å². The highest BCUT2D eigenvalue weighted by Gasteiger charge is 2.39. The minimum absolute atomic E-state index is 0.00196. The number of nitriles is 1. The van der Waals surface area contributed by atoms with Crippen molar-refractivity contribution in [1.29, 1.82) is 5.26 Å². The molecule has 0 aromatic heterocycles. The van der Waals surface area contributed by atoms with E-state index in [0.29, 0.717) is 24.3 Å². The average Bonchev–Trinajstić information content (AvgIpc) is 2.67. The standard InChI is InChI=1S/C22H24ClFN2O/c23-19-8-6-18(7-9-19)22(27)12-15-26(14-3-1-2-13-25)21(16-22)17-4-10-20(24)11-5-17/h4-11,21,27H,1-3,12,14-16H2. The van der Waals surface area contributed by atoms with Crippen LogP contribution in [-0.4, -0.2) is 23.1 Å². The second-order valence-electron chi connectivity index (χ2n) is 7.21. The van der Waals surface area contributed by atoms with Crippen LogP contribution in [0, 0.1) is 17.1 Å². The molecule has 142 valence electrons. The number of unbranched alkanes of at least 4 members (excludes halogenated alkanes) is 2. The zero-order chi connectivity index (χ0) is 19.3. The van der Waals surface area contributed by atoms with Crippen molar-refractivity contribution in [2.45, 2.75) is 43.7 Å². The summed E-state index contributed by atoms with van der Waals surface area (Å²) in [6.45, 7) is 1.61. The number of hydrogen-bond acceptors (Lipinski definition) is 3. The predicted molar refractivity (Wildman–Crippen MR) is 105 cm³/mol. The summed E-state index contributed by atoms with van der Waals surface area (Å²) in [7, 11) is 0. The van der Waals surface area contributed by atoms with Crippen molar-refractivity contribution < 1.29 is 9.50 Å². The average molecular weight is 387 g/mol. The minimum atomic E-state index is -0.938. The number of hydrogen-bond donors (Lipinski definition) is 1. The number of rotatable bonds is 6. The first-order valence-corrected chi connectivity index (χ1v) is 9.74. The van der Waals surface area contributed by atoms with Gasteiger partial charge in [-0.2, -0.15) is 5.26 Å². The Bertz CT molecular complexity index is 787. The Morgan fingerprint density at radius 1 is 1.15 bits per heavy atom. The van der Waals surface area contributed by atoms with E-state index < -0.39 is 5.60 Å². The third-order valence-corrected chi connectivity index (χ3v) is 5.66. The largest absolute Gasteiger partial charge is 0.385 e. The quantitative estimate of drug-likeness (QED) is 0.694. The van der Waals surface area contributed by atoms with Crippen LogP contribution in [0.2, 0.25) is 5.02 Å². The van der Waals surface area contributed by atoms with Crippen LogP contribution in [0.3, 0.4) is 0 Å². The fraction of sp³-hybridized carbons (Fsp3) is 0.409. The van der Waals surface area contributed by atoms with Crippen molar-refractivity contribution >= 4 is 11.6 Å². The molecule has 5 heteroatoms. The van der Waals surface area contributed by atoms with Crippen molar-refractivity contribution in [1.82, 2.24) is 4.90 Å². The van der Waals surface area contributed by atoms with Gasteiger partial charge in [0.25, 0.3) is 0 Å². The summed E-state index contributed by atoms with van der Waals surface area (Å²) >= 11 is 5.99. The molecule has 1 fully saturated rings. The molecule has 2 aromatic carbocycles. The fourth-order valence-electron chi connectivity index (χ4n) is 3.86. The lowest BCUT2D eigenvalue weighted by atomic mass is 9.79. The van der Waals surface area contributed by atoms with E-state index in [1.165, 1.54) is 12.1 Å². The lowest BCUT2D eigenvalue weighted by Crippen LogP contribution is -2.45. The Labute approximate surface area is 165 Å². The zero-order valence-electron chi connectivity index (χ0n) is 15.2. The predicted octanol–water partition coefficient (Wildman–Crippen LogP) is 5.20. The van der Waals surface area contributed by atoms with E-state index in [1.54, 1.807) is 24.3 Å². The first kappa shape index (κ1) is 19.8. The van der Waals surface area contributed by atoms with E-state index in [-0.39, 0.29) is 11.9 Å². The lowest BCUT2D eigenvalue weighted by molar-refractivity contribution is -0.0534. The van der Waals surface area contributed by atoms with Gasteiger partial charge in [0.15, 0.2) is 0 Å². The molecule has 0 aliphatic carbocycles. The molecule has 1 N–H and O–H groups in total. The van der Waals surface area contributed by atoms with Gasteiger partial charge in [-0.1, -0.05) is 35.9 Å². The second kappa shape index (κ2) is 8.84. The van der Waals surface area contributed by atoms with Gasteiger partial charge in [-0.15, -0.1) is 0 Å². The van der Waals surface area contributed by atoms with Crippen molar-refractivity contribution in [2.75, 3.05) is 13.1 Å². The topological polar surface area (TPSA) is 47.3 Å². The van der Waals surface area contributed by atoms with Gasteiger partial charge >= 0.3 is 0 Å². The summed E-state index contributed by atoms with van der Waals surface area (Å²) in [5.41, 5.74) is 0.930. The SMILES string of the molecule is N#CCCCCN1CCC(O)(c2ccc(Cl)cc2)CC1c1ccc(F)cc1. The molecule has 1 saturated heterocycles. The van der Waals surface area contributed by atoms with Crippen molar-refractivity contribution in [3.8, 4) is 6.07 Å². The summed E-state index contributed by atoms with van der Waals surface area (Å²) in [6.07, 6.45) is 3.53. The van der Waals surface area contributed by atoms with Gasteiger partial charge in [0.2, 0.25) is 0 Å². The van der Waals surface area contributed by atoms with Crippen LogP contribution in [0.25, 0.3) is 0 Å². The number of aliphatic hydroxyl groups is 1. The van der Waals surface area contributed by atoms with Gasteiger partial charge in [-0.3, -0.25) is 4.90 Å². The van der Waals surface area contributed by atoms with Crippen LogP contribution in [0.4, 0.5) is 4.39 Å². The maximum Gasteiger partial charge on any atom is 0.123 e. The molecule has 27 heavy (non-hydrogen) atoms. The van der Waals surface area contributed by atoms with Crippen molar-refractivity contribution in [2.24, 2.45) is 0 Å². The Morgan fingerprint density at radius 2 is 1.85 bits per heavy atom. The van der Waals surface area contributed by atoms with Gasteiger partial charge in [-0.05, 0) is 61.2 Å². The highest BCUT2D eigenvalue weighted by Crippen LogP contribution is 2.42. The highest BCUT2D eigenvalue weighted by atomic mass is 35.5. The Balaban J connectivity index is 1.82. The van der Waals surface area contributed by atoms with E-state index in [2.05, 4.69) is 11.0 Å². The van der Waals surface area contributed by atoms with Crippen LogP contribution in [-0.2, 0) is 5.60 Å². The van der Waals surface area contributed by atoms with Gasteiger partial charge < -0.3 is 5.11 Å². The maximum absolute atomic E-state index is 13.4. The van der Waals surface area contributed by atoms with Crippen LogP contribution in [0.15, 0.2) is 48.5 Å². The molecule has 2 unspecified atom stereocenters. The first-order valence-electron chi connectivity index (χ1n) is 9.37. The molecule has 2 atom stereocenters. The van der Waals surface area contributed by atoms with Gasteiger partial charge in [-0.25, -0.2) is 4.39 Å². The normalized spacial score (nSPS) is 23.1. The number of benzene rings is 2. The maximum atomic E-state index is 13.4. The molecule has 2 aromatic rings. The van der Waals surface area contributed by atoms with Gasteiger partial charge in [0.1, 0.15) is 5.82 Å². The molecule has 0 saturated carbocycles. The van der Waals surface area contributed by atoms with Crippen LogP contribution in [0.1, 0.15) is 49.3 Å². The Morgan fingerprint density at radius 3 is 2.52 bits per heavy atom. The molecule has 0 radical (unpaired) electrons. The van der Waals surface area contributed by atoms with Gasteiger partial charge in [0, 0.05) is 30.5 Å². The number of piperidine rings is 1. The number of halogens is 2. The van der Waals surface area contributed by atoms with E-state index in [9.17, 15) is 9.50 Å². The molecule has 1 aliphatic heterocycles. The Hall–Kier alpha value is -1.93. The first-order chi connectivity index (χ1) is 13.0. The summed E-state index contributed by atoms with van der Waals surface area (Å²) in [5.74, 6) is -0.261. The zero-order valence-corrected chi connectivity index (χ0v) is 16.0. The molecule has 3 rings (SSSR count). The van der Waals surface area contributed by atoms with E-state index in [1.807, 2.05) is 12.1 Å². The minimum Gasteiger partial charge on any atom is -0.385 e. The van der Waals surface area contributed by atoms with Crippen molar-refractivity contribution in [3.63, 3.8) is 0 Å². The molecule has 0 bridgehead atoms. The summed E-state index contributed by atoms with van der Waals surface area (Å²) < 4.78 is 13.4. The summed E-state index contributed by atoms with van der Waals surface area (Å²) in [4.78, 5) is 2.34. The fourth-order valence-corrected chi connectivity index (χ4v) is 3.98.